The van der Waals surface area contributed by atoms with Crippen LogP contribution in [0.25, 0.3) is 0 Å². The van der Waals surface area contributed by atoms with Crippen LogP contribution in [0.4, 0.5) is 0 Å². The van der Waals surface area contributed by atoms with E-state index in [1.54, 1.807) is 11.8 Å². The molecule has 23 heavy (non-hydrogen) atoms. The minimum atomic E-state index is -0.646. The molecule has 2 heterocycles. The van der Waals surface area contributed by atoms with Gasteiger partial charge >= 0.3 is 0 Å². The minimum Gasteiger partial charge on any atom is -0.342 e. The van der Waals surface area contributed by atoms with Crippen molar-refractivity contribution in [3.8, 4) is 0 Å². The number of hydrogen-bond acceptors (Lipinski definition) is 3. The summed E-state index contributed by atoms with van der Waals surface area (Å²) in [5, 5.41) is -0.0812. The van der Waals surface area contributed by atoms with Gasteiger partial charge in [-0.15, -0.1) is 0 Å². The van der Waals surface area contributed by atoms with Crippen LogP contribution in [0.5, 0.6) is 0 Å². The van der Waals surface area contributed by atoms with Gasteiger partial charge < -0.3 is 4.74 Å². The van der Waals surface area contributed by atoms with Crippen molar-refractivity contribution in [3.05, 3.63) is 65.7 Å². The number of fused-ring (bicyclic) bond motifs is 2. The van der Waals surface area contributed by atoms with Crippen molar-refractivity contribution in [1.82, 2.24) is 4.90 Å². The standard InChI is InChI=1S/C19H19NO2S/c1-18(2)20-16(21)14-11-7-8-12-15(14)23-17(20)19(3,22-18)13-9-5-4-6-10-13/h4-12,17H,1-3H3. The molecule has 0 spiro atoms. The smallest absolute Gasteiger partial charge is 0.258 e. The first-order valence-corrected chi connectivity index (χ1v) is 8.66. The van der Waals surface area contributed by atoms with Gasteiger partial charge in [0.15, 0.2) is 0 Å². The highest BCUT2D eigenvalue weighted by molar-refractivity contribution is 8.00. The zero-order chi connectivity index (χ0) is 16.2. The van der Waals surface area contributed by atoms with E-state index >= 15 is 0 Å². The molecule has 0 aliphatic carbocycles. The first-order valence-electron chi connectivity index (χ1n) is 7.78. The van der Waals surface area contributed by atoms with E-state index in [1.165, 1.54) is 0 Å². The van der Waals surface area contributed by atoms with Gasteiger partial charge in [0.05, 0.1) is 5.56 Å². The van der Waals surface area contributed by atoms with Gasteiger partial charge in [0.25, 0.3) is 5.91 Å². The third-order valence-corrected chi connectivity index (χ3v) is 6.16. The fraction of sp³-hybridized carbons (Fsp3) is 0.316. The minimum absolute atomic E-state index is 0.0500. The molecular weight excluding hydrogens is 306 g/mol. The molecule has 118 valence electrons. The van der Waals surface area contributed by atoms with Crippen LogP contribution < -0.4 is 0 Å². The molecule has 0 saturated carbocycles. The van der Waals surface area contributed by atoms with Crippen LogP contribution in [0.15, 0.2) is 59.5 Å². The molecule has 4 rings (SSSR count). The Morgan fingerprint density at radius 1 is 1.00 bits per heavy atom. The second-order valence-electron chi connectivity index (χ2n) is 6.66. The predicted octanol–water partition coefficient (Wildman–Crippen LogP) is 4.24. The van der Waals surface area contributed by atoms with Crippen LogP contribution >= 0.6 is 11.8 Å². The van der Waals surface area contributed by atoms with E-state index in [0.29, 0.717) is 0 Å². The molecule has 2 aromatic rings. The number of nitrogens with zero attached hydrogens (tertiary/aromatic N) is 1. The Morgan fingerprint density at radius 2 is 1.65 bits per heavy atom. The first-order chi connectivity index (χ1) is 10.9. The summed E-state index contributed by atoms with van der Waals surface area (Å²) in [5.74, 6) is 0.0500. The molecule has 1 amide bonds. The quantitative estimate of drug-likeness (QED) is 0.785. The van der Waals surface area contributed by atoms with Crippen LogP contribution in [0.2, 0.25) is 0 Å². The highest BCUT2D eigenvalue weighted by Gasteiger charge is 2.59. The molecule has 0 N–H and O–H groups in total. The number of hydrogen-bond donors (Lipinski definition) is 0. The zero-order valence-electron chi connectivity index (χ0n) is 13.4. The van der Waals surface area contributed by atoms with Gasteiger partial charge in [0.1, 0.15) is 16.7 Å². The summed E-state index contributed by atoms with van der Waals surface area (Å²) >= 11 is 1.72. The van der Waals surface area contributed by atoms with Gasteiger partial charge in [-0.05, 0) is 38.5 Å². The monoisotopic (exact) mass is 325 g/mol. The number of ether oxygens (including phenoxy) is 1. The Balaban J connectivity index is 1.87. The second-order valence-corrected chi connectivity index (χ2v) is 7.79. The lowest BCUT2D eigenvalue weighted by molar-refractivity contribution is -0.106. The van der Waals surface area contributed by atoms with Crippen molar-refractivity contribution in [2.24, 2.45) is 0 Å². The fourth-order valence-corrected chi connectivity index (χ4v) is 5.17. The van der Waals surface area contributed by atoms with Crippen molar-refractivity contribution in [2.45, 2.75) is 42.4 Å². The van der Waals surface area contributed by atoms with E-state index in [0.717, 1.165) is 16.0 Å². The largest absolute Gasteiger partial charge is 0.342 e. The zero-order valence-corrected chi connectivity index (χ0v) is 14.3. The summed E-state index contributed by atoms with van der Waals surface area (Å²) in [5.41, 5.74) is 0.675. The van der Waals surface area contributed by atoms with E-state index < -0.39 is 11.3 Å². The Morgan fingerprint density at radius 3 is 2.39 bits per heavy atom. The molecule has 2 unspecified atom stereocenters. The fourth-order valence-electron chi connectivity index (χ4n) is 3.63. The Kier molecular flexibility index (Phi) is 3.12. The summed E-state index contributed by atoms with van der Waals surface area (Å²) in [6, 6.07) is 18.0. The van der Waals surface area contributed by atoms with Crippen molar-refractivity contribution >= 4 is 17.7 Å². The van der Waals surface area contributed by atoms with E-state index in [1.807, 2.05) is 61.2 Å². The molecule has 3 nitrogen and oxygen atoms in total. The normalized spacial score (nSPS) is 28.4. The summed E-state index contributed by atoms with van der Waals surface area (Å²) < 4.78 is 6.46. The maximum Gasteiger partial charge on any atom is 0.258 e. The number of rotatable bonds is 1. The lowest BCUT2D eigenvalue weighted by Gasteiger charge is -2.38. The number of carbonyl (C=O) groups is 1. The first kappa shape index (κ1) is 14.8. The number of carbonyl (C=O) groups excluding carboxylic acids is 1. The van der Waals surface area contributed by atoms with E-state index in [4.69, 9.17) is 4.74 Å². The summed E-state index contributed by atoms with van der Waals surface area (Å²) in [4.78, 5) is 16.0. The third-order valence-electron chi connectivity index (χ3n) is 4.67. The summed E-state index contributed by atoms with van der Waals surface area (Å²) in [6.07, 6.45) is 0. The van der Waals surface area contributed by atoms with Crippen molar-refractivity contribution in [3.63, 3.8) is 0 Å². The topological polar surface area (TPSA) is 29.5 Å². The molecule has 0 radical (unpaired) electrons. The van der Waals surface area contributed by atoms with Gasteiger partial charge in [-0.25, -0.2) is 0 Å². The lowest BCUT2D eigenvalue weighted by atomic mass is 9.95. The highest BCUT2D eigenvalue weighted by atomic mass is 32.2. The van der Waals surface area contributed by atoms with Crippen molar-refractivity contribution in [2.75, 3.05) is 0 Å². The number of thioether (sulfide) groups is 1. The predicted molar refractivity (Wildman–Crippen MR) is 91.2 cm³/mol. The average Bonchev–Trinajstić information content (AvgIpc) is 2.76. The van der Waals surface area contributed by atoms with Crippen LogP contribution in [-0.2, 0) is 10.3 Å². The second kappa shape index (κ2) is 4.86. The molecule has 2 aliphatic heterocycles. The van der Waals surface area contributed by atoms with Crippen LogP contribution in [-0.4, -0.2) is 21.9 Å². The van der Waals surface area contributed by atoms with Crippen molar-refractivity contribution < 1.29 is 9.53 Å². The SMILES string of the molecule is CC1(c2ccccc2)OC(C)(C)N2C(=O)c3ccccc3SC21. The lowest BCUT2D eigenvalue weighted by Crippen LogP contribution is -2.50. The maximum atomic E-state index is 13.1. The van der Waals surface area contributed by atoms with E-state index in [9.17, 15) is 4.79 Å². The van der Waals surface area contributed by atoms with Gasteiger partial charge in [-0.1, -0.05) is 54.2 Å². The Bertz CT molecular complexity index is 774. The molecule has 0 aromatic heterocycles. The molecule has 0 bridgehead atoms. The summed E-state index contributed by atoms with van der Waals surface area (Å²) in [7, 11) is 0. The van der Waals surface area contributed by atoms with Crippen LogP contribution in [0, 0.1) is 0 Å². The molecule has 2 atom stereocenters. The molecular formula is C19H19NO2S. The van der Waals surface area contributed by atoms with Crippen molar-refractivity contribution in [1.29, 1.82) is 0 Å². The third kappa shape index (κ3) is 2.05. The number of benzene rings is 2. The molecule has 4 heteroatoms. The maximum absolute atomic E-state index is 13.1. The van der Waals surface area contributed by atoms with Crippen LogP contribution in [0.3, 0.4) is 0 Å². The Labute approximate surface area is 140 Å². The number of amides is 1. The molecule has 2 aliphatic rings. The van der Waals surface area contributed by atoms with E-state index in [2.05, 4.69) is 19.1 Å². The van der Waals surface area contributed by atoms with Gasteiger partial charge in [0, 0.05) is 4.90 Å². The summed E-state index contributed by atoms with van der Waals surface area (Å²) in [6.45, 7) is 6.03. The highest BCUT2D eigenvalue weighted by Crippen LogP contribution is 2.54. The molecule has 1 saturated heterocycles. The van der Waals surface area contributed by atoms with E-state index in [-0.39, 0.29) is 11.3 Å². The van der Waals surface area contributed by atoms with Gasteiger partial charge in [0.2, 0.25) is 0 Å². The average molecular weight is 325 g/mol. The van der Waals surface area contributed by atoms with Gasteiger partial charge in [-0.3, -0.25) is 9.69 Å². The molecule has 2 aromatic carbocycles. The van der Waals surface area contributed by atoms with Gasteiger partial charge in [-0.2, -0.15) is 0 Å². The van der Waals surface area contributed by atoms with Crippen LogP contribution in [0.1, 0.15) is 36.7 Å². The Hall–Kier alpha value is -1.78. The molecule has 1 fully saturated rings.